The summed E-state index contributed by atoms with van der Waals surface area (Å²) in [6.07, 6.45) is -0.991. The van der Waals surface area contributed by atoms with Gasteiger partial charge in [0.15, 0.2) is 6.30 Å². The van der Waals surface area contributed by atoms with Crippen molar-refractivity contribution in [2.24, 2.45) is 0 Å². The van der Waals surface area contributed by atoms with Crippen LogP contribution in [0.1, 0.15) is 6.92 Å². The summed E-state index contributed by atoms with van der Waals surface area (Å²) in [6, 6.07) is 0. The molecule has 0 rings (SSSR count). The zero-order valence-corrected chi connectivity index (χ0v) is 3.40. The second kappa shape index (κ2) is 2.15. The Bertz CT molecular complexity index is 20.9. The second-order valence-corrected chi connectivity index (χ2v) is 0.832. The van der Waals surface area contributed by atoms with Crippen LogP contribution in [-0.4, -0.2) is 13.3 Å². The minimum absolute atomic E-state index is 0.991. The number of hydrogen-bond acceptors (Lipinski definition) is 0. The normalized spacial score (nSPS) is 15.0. The van der Waals surface area contributed by atoms with Gasteiger partial charge >= 0.3 is 0 Å². The molecule has 0 aliphatic carbocycles. The molecule has 0 N–H and O–H groups in total. The van der Waals surface area contributed by atoms with Gasteiger partial charge in [0.2, 0.25) is 0 Å². The molecule has 0 saturated carbocycles. The van der Waals surface area contributed by atoms with Crippen molar-refractivity contribution in [3.63, 3.8) is 0 Å². The van der Waals surface area contributed by atoms with E-state index in [9.17, 15) is 4.39 Å². The van der Waals surface area contributed by atoms with Crippen molar-refractivity contribution in [2.75, 3.05) is 7.05 Å². The van der Waals surface area contributed by atoms with Crippen molar-refractivity contribution in [3.05, 3.63) is 0 Å². The summed E-state index contributed by atoms with van der Waals surface area (Å²) in [5, 5.41) is 3.22. The van der Waals surface area contributed by atoms with Gasteiger partial charge in [-0.3, -0.25) is 0 Å². The van der Waals surface area contributed by atoms with Gasteiger partial charge in [0, 0.05) is 7.05 Å². The van der Waals surface area contributed by atoms with Crippen LogP contribution in [0.2, 0.25) is 0 Å². The van der Waals surface area contributed by atoms with E-state index in [2.05, 4.69) is 5.32 Å². The van der Waals surface area contributed by atoms with Crippen LogP contribution in [-0.2, 0) is 0 Å². The molecule has 0 aliphatic rings. The molecule has 1 nitrogen and oxygen atoms in total. The topological polar surface area (TPSA) is 14.1 Å². The fraction of sp³-hybridized carbons (Fsp3) is 1.00. The van der Waals surface area contributed by atoms with Crippen LogP contribution >= 0.6 is 0 Å². The standard InChI is InChI=1S/C3H7FN/c1-3(4)5-2/h3H,1-2H3. The summed E-state index contributed by atoms with van der Waals surface area (Å²) in [7, 11) is 1.45. The Morgan fingerprint density at radius 1 is 1.80 bits per heavy atom. The highest BCUT2D eigenvalue weighted by Crippen LogP contribution is 1.75. The van der Waals surface area contributed by atoms with Crippen LogP contribution in [0.4, 0.5) is 4.39 Å². The third-order valence-corrected chi connectivity index (χ3v) is 0.356. The van der Waals surface area contributed by atoms with Crippen molar-refractivity contribution in [1.29, 1.82) is 0 Å². The van der Waals surface area contributed by atoms with Crippen LogP contribution in [0.25, 0.3) is 0 Å². The van der Waals surface area contributed by atoms with E-state index in [0.717, 1.165) is 0 Å². The summed E-state index contributed by atoms with van der Waals surface area (Å²) in [6.45, 7) is 1.39. The predicted molar refractivity (Wildman–Crippen MR) is 18.6 cm³/mol. The molecule has 0 saturated heterocycles. The molecule has 1 unspecified atom stereocenters. The maximum Gasteiger partial charge on any atom is 0.163 e. The van der Waals surface area contributed by atoms with Crippen LogP contribution in [0.15, 0.2) is 0 Å². The molecule has 5 heavy (non-hydrogen) atoms. The number of nitrogens with zero attached hydrogens (tertiary/aromatic N) is 1. The maximum atomic E-state index is 11.3. The first kappa shape index (κ1) is 4.89. The van der Waals surface area contributed by atoms with E-state index in [1.807, 2.05) is 0 Å². The lowest BCUT2D eigenvalue weighted by molar-refractivity contribution is 0.312. The van der Waals surface area contributed by atoms with Crippen molar-refractivity contribution in [3.8, 4) is 0 Å². The number of alkyl halides is 1. The van der Waals surface area contributed by atoms with Crippen molar-refractivity contribution in [1.82, 2.24) is 5.32 Å². The molecule has 0 aromatic carbocycles. The molecule has 31 valence electrons. The van der Waals surface area contributed by atoms with Gasteiger partial charge in [-0.2, -0.15) is 0 Å². The molecule has 0 bridgehead atoms. The van der Waals surface area contributed by atoms with Gasteiger partial charge in [-0.1, -0.05) is 0 Å². The zero-order valence-electron chi connectivity index (χ0n) is 3.40. The van der Waals surface area contributed by atoms with Crippen LogP contribution in [0.5, 0.6) is 0 Å². The first-order chi connectivity index (χ1) is 2.27. The van der Waals surface area contributed by atoms with Gasteiger partial charge in [0.25, 0.3) is 0 Å². The van der Waals surface area contributed by atoms with Gasteiger partial charge < -0.3 is 0 Å². The first-order valence-corrected chi connectivity index (χ1v) is 1.50. The van der Waals surface area contributed by atoms with E-state index in [-0.39, 0.29) is 0 Å². The van der Waals surface area contributed by atoms with E-state index in [1.165, 1.54) is 14.0 Å². The summed E-state index contributed by atoms with van der Waals surface area (Å²) in [5.41, 5.74) is 0. The predicted octanol–water partition coefficient (Wildman–Crippen LogP) is 0.536. The summed E-state index contributed by atoms with van der Waals surface area (Å²) in [4.78, 5) is 0. The molecule has 0 aromatic heterocycles. The smallest absolute Gasteiger partial charge is 0.163 e. The van der Waals surface area contributed by atoms with Gasteiger partial charge in [-0.25, -0.2) is 9.71 Å². The fourth-order valence-corrected chi connectivity index (χ4v) is 0. The number of rotatable bonds is 1. The minimum Gasteiger partial charge on any atom is -0.229 e. The molecule has 0 amide bonds. The Hall–Kier alpha value is -0.110. The van der Waals surface area contributed by atoms with Crippen LogP contribution < -0.4 is 5.32 Å². The Morgan fingerprint density at radius 3 is 2.00 bits per heavy atom. The minimum atomic E-state index is -0.991. The average Bonchev–Trinajstić information content (AvgIpc) is 1.38. The zero-order chi connectivity index (χ0) is 4.28. The summed E-state index contributed by atoms with van der Waals surface area (Å²) in [5.74, 6) is 0. The van der Waals surface area contributed by atoms with Crippen LogP contribution in [0.3, 0.4) is 0 Å². The highest BCUT2D eigenvalue weighted by Gasteiger charge is 1.85. The molecular weight excluding hydrogens is 69.0 g/mol. The quantitative estimate of drug-likeness (QED) is 0.405. The Balaban J connectivity index is 2.54. The first-order valence-electron chi connectivity index (χ1n) is 1.50. The molecule has 0 aromatic rings. The van der Waals surface area contributed by atoms with Crippen molar-refractivity contribution < 1.29 is 4.39 Å². The molecule has 0 aliphatic heterocycles. The van der Waals surface area contributed by atoms with Crippen LogP contribution in [0, 0.1) is 0 Å². The second-order valence-electron chi connectivity index (χ2n) is 0.832. The maximum absolute atomic E-state index is 11.3. The van der Waals surface area contributed by atoms with E-state index < -0.39 is 6.30 Å². The number of hydrogen-bond donors (Lipinski definition) is 0. The van der Waals surface area contributed by atoms with Gasteiger partial charge in [0.1, 0.15) is 0 Å². The highest BCUT2D eigenvalue weighted by atomic mass is 19.1. The summed E-state index contributed by atoms with van der Waals surface area (Å²) >= 11 is 0. The lowest BCUT2D eigenvalue weighted by Crippen LogP contribution is -2.04. The van der Waals surface area contributed by atoms with E-state index in [0.29, 0.717) is 0 Å². The fourth-order valence-electron chi connectivity index (χ4n) is 0. The molecule has 0 spiro atoms. The highest BCUT2D eigenvalue weighted by molar-refractivity contribution is 4.28. The third kappa shape index (κ3) is 3.89. The monoisotopic (exact) mass is 76.1 g/mol. The van der Waals surface area contributed by atoms with Gasteiger partial charge in [-0.05, 0) is 6.92 Å². The van der Waals surface area contributed by atoms with Crippen molar-refractivity contribution >= 4 is 0 Å². The summed E-state index contributed by atoms with van der Waals surface area (Å²) < 4.78 is 11.3. The van der Waals surface area contributed by atoms with Gasteiger partial charge in [0.05, 0.1) is 0 Å². The molecule has 2 heteroatoms. The molecular formula is C3H7FN. The Kier molecular flexibility index (Phi) is 2.10. The Morgan fingerprint density at radius 2 is 2.00 bits per heavy atom. The SMILES string of the molecule is C[N]C(C)F. The molecule has 0 heterocycles. The van der Waals surface area contributed by atoms with Gasteiger partial charge in [-0.15, -0.1) is 0 Å². The molecule has 1 radical (unpaired) electrons. The lowest BCUT2D eigenvalue weighted by atomic mass is 10.7. The largest absolute Gasteiger partial charge is 0.229 e. The molecule has 0 fully saturated rings. The third-order valence-electron chi connectivity index (χ3n) is 0.356. The average molecular weight is 76.1 g/mol. The van der Waals surface area contributed by atoms with E-state index >= 15 is 0 Å². The number of halogens is 1. The molecule has 1 atom stereocenters. The lowest BCUT2D eigenvalue weighted by Gasteiger charge is -1.87. The van der Waals surface area contributed by atoms with Crippen molar-refractivity contribution in [2.45, 2.75) is 13.2 Å². The Labute approximate surface area is 31.2 Å². The van der Waals surface area contributed by atoms with E-state index in [1.54, 1.807) is 0 Å². The van der Waals surface area contributed by atoms with E-state index in [4.69, 9.17) is 0 Å².